The summed E-state index contributed by atoms with van der Waals surface area (Å²) >= 11 is 5.19. The molecule has 0 aliphatic heterocycles. The van der Waals surface area contributed by atoms with Crippen molar-refractivity contribution in [3.63, 3.8) is 0 Å². The fraction of sp³-hybridized carbons (Fsp3) is 0. The van der Waals surface area contributed by atoms with E-state index in [9.17, 15) is 13.2 Å². The van der Waals surface area contributed by atoms with E-state index in [4.69, 9.17) is 11.6 Å². The van der Waals surface area contributed by atoms with Crippen LogP contribution in [0.1, 0.15) is 0 Å². The Morgan fingerprint density at radius 2 is 1.65 bits per heavy atom. The minimum absolute atomic E-state index is 0.0740. The Morgan fingerprint density at radius 3 is 2.30 bits per heavy atom. The summed E-state index contributed by atoms with van der Waals surface area (Å²) in [7, 11) is -3.82. The van der Waals surface area contributed by atoms with E-state index in [0.717, 1.165) is 7.23 Å². The molecule has 1 aromatic heterocycles. The number of halogens is 1. The molecule has 0 N–H and O–H groups in total. The third-order valence-electron chi connectivity index (χ3n) is 2.79. The molecule has 4 nitrogen and oxygen atoms in total. The molecule has 0 unspecified atom stereocenters. The van der Waals surface area contributed by atoms with Crippen molar-refractivity contribution in [2.45, 2.75) is 4.90 Å². The molecule has 0 amide bonds. The van der Waals surface area contributed by atoms with Crippen LogP contribution in [0.4, 0.5) is 0 Å². The van der Waals surface area contributed by atoms with Crippen molar-refractivity contribution in [1.82, 2.24) is 2.97 Å². The molecule has 0 saturated heterocycles. The average Bonchev–Trinajstić information content (AvgIpc) is 2.78. The molecule has 0 bridgehead atoms. The van der Waals surface area contributed by atoms with Gasteiger partial charge in [-0.2, -0.15) is 0 Å². The molecule has 102 valence electrons. The summed E-state index contributed by atoms with van der Waals surface area (Å²) in [4.78, 5) is 12.3. The summed E-state index contributed by atoms with van der Waals surface area (Å²) in [5, 5.41) is 0.913. The van der Waals surface area contributed by atoms with Gasteiger partial charge < -0.3 is 0 Å². The van der Waals surface area contributed by atoms with Crippen LogP contribution in [0.25, 0.3) is 9.65 Å². The van der Waals surface area contributed by atoms with Crippen molar-refractivity contribution in [1.29, 1.82) is 0 Å². The van der Waals surface area contributed by atoms with Gasteiger partial charge in [0.05, 0.1) is 0 Å². The molecule has 0 atom stereocenters. The third-order valence-corrected chi connectivity index (χ3v) is 7.99. The van der Waals surface area contributed by atoms with E-state index in [-0.39, 0.29) is 4.90 Å². The zero-order valence-electron chi connectivity index (χ0n) is 9.99. The number of hydrogen-bond donors (Lipinski definition) is 0. The number of fused-ring (bicyclic) bond motifs is 1. The summed E-state index contributed by atoms with van der Waals surface area (Å²) in [6.07, 6.45) is 0. The number of hydrogen-bond acceptors (Lipinski definition) is 3. The molecule has 0 spiro atoms. The first-order valence-corrected chi connectivity index (χ1v) is 9.06. The number of aromatic nitrogens is 1. The van der Waals surface area contributed by atoms with Gasteiger partial charge in [-0.1, -0.05) is 0 Å². The minimum atomic E-state index is -3.82. The van der Waals surface area contributed by atoms with Crippen molar-refractivity contribution in [3.05, 3.63) is 63.9 Å². The monoisotopic (exact) mass is 373 g/mol. The normalized spacial score (nSPS) is 11.8. The van der Waals surface area contributed by atoms with Gasteiger partial charge in [-0.3, -0.25) is 0 Å². The van der Waals surface area contributed by atoms with Crippen LogP contribution >= 0.6 is 11.6 Å². The van der Waals surface area contributed by atoms with Crippen LogP contribution in [-0.4, -0.2) is 26.1 Å². The van der Waals surface area contributed by atoms with Crippen molar-refractivity contribution in [2.75, 3.05) is 0 Å². The maximum absolute atomic E-state index is 12.5. The van der Waals surface area contributed by atoms with Crippen molar-refractivity contribution in [2.24, 2.45) is 0 Å². The van der Waals surface area contributed by atoms with E-state index < -0.39 is 30.3 Å². The summed E-state index contributed by atoms with van der Waals surface area (Å²) in [6.45, 7) is 0. The molecule has 1 heterocycles. The Bertz CT molecular complexity index is 942. The van der Waals surface area contributed by atoms with E-state index in [1.165, 1.54) is 24.3 Å². The molecule has 3 rings (SSSR count). The Kier molecular flexibility index (Phi) is 3.34. The van der Waals surface area contributed by atoms with Crippen LogP contribution in [0, 0.1) is 0 Å². The second kappa shape index (κ2) is 4.90. The zero-order valence-corrected chi connectivity index (χ0v) is 13.3. The van der Waals surface area contributed by atoms with E-state index >= 15 is 0 Å². The van der Waals surface area contributed by atoms with Crippen molar-refractivity contribution in [3.8, 4) is 0 Å². The first-order chi connectivity index (χ1) is 9.50. The first-order valence-electron chi connectivity index (χ1n) is 5.62. The summed E-state index contributed by atoms with van der Waals surface area (Å²) < 4.78 is 26.7. The van der Waals surface area contributed by atoms with Gasteiger partial charge >= 0.3 is 126 Å². The maximum atomic E-state index is 12.5. The van der Waals surface area contributed by atoms with Gasteiger partial charge in [0.25, 0.3) is 0 Å². The van der Waals surface area contributed by atoms with E-state index in [1.807, 2.05) is 0 Å². The second-order valence-electron chi connectivity index (χ2n) is 4.08. The molecule has 0 saturated carbocycles. The molecule has 0 fully saturated rings. The molecular formula is C13H8ClNO3SSe. The SMILES string of the molecule is O=c1c2ccccc2[se]n1S(=O)(=O)c1ccc(Cl)cc1. The van der Waals surface area contributed by atoms with Crippen molar-refractivity contribution >= 4 is 46.0 Å². The van der Waals surface area contributed by atoms with Gasteiger partial charge in [0.1, 0.15) is 0 Å². The molecule has 20 heavy (non-hydrogen) atoms. The topological polar surface area (TPSA) is 56.1 Å². The molecule has 0 aliphatic carbocycles. The molecule has 7 heteroatoms. The number of nitrogens with zero attached hydrogens (tertiary/aromatic N) is 1. The molecule has 0 radical (unpaired) electrons. The Morgan fingerprint density at radius 1 is 1.00 bits per heavy atom. The van der Waals surface area contributed by atoms with Gasteiger partial charge in [-0.25, -0.2) is 0 Å². The van der Waals surface area contributed by atoms with E-state index in [2.05, 4.69) is 0 Å². The first kappa shape index (κ1) is 13.6. The molecular weight excluding hydrogens is 365 g/mol. The van der Waals surface area contributed by atoms with Crippen LogP contribution in [0.2, 0.25) is 5.02 Å². The fourth-order valence-electron chi connectivity index (χ4n) is 1.81. The Labute approximate surface area is 126 Å². The predicted octanol–water partition coefficient (Wildman–Crippen LogP) is 1.95. The second-order valence-corrected chi connectivity index (χ2v) is 8.90. The van der Waals surface area contributed by atoms with Crippen LogP contribution in [-0.2, 0) is 10.0 Å². The van der Waals surface area contributed by atoms with E-state index in [0.29, 0.717) is 10.4 Å². The number of benzene rings is 2. The van der Waals surface area contributed by atoms with Gasteiger partial charge in [0.2, 0.25) is 0 Å². The van der Waals surface area contributed by atoms with Crippen LogP contribution in [0.5, 0.6) is 0 Å². The number of rotatable bonds is 2. The van der Waals surface area contributed by atoms with Crippen LogP contribution in [0.3, 0.4) is 0 Å². The van der Waals surface area contributed by atoms with Crippen LogP contribution < -0.4 is 5.56 Å². The predicted molar refractivity (Wildman–Crippen MR) is 79.2 cm³/mol. The summed E-state index contributed by atoms with van der Waals surface area (Å²) in [5.74, 6) is 0. The quantitative estimate of drug-likeness (QED) is 0.646. The van der Waals surface area contributed by atoms with Crippen LogP contribution in [0.15, 0.2) is 58.2 Å². The third kappa shape index (κ3) is 2.15. The summed E-state index contributed by atoms with van der Waals surface area (Å²) in [6, 6.07) is 12.8. The van der Waals surface area contributed by atoms with Gasteiger partial charge in [0, 0.05) is 0 Å². The van der Waals surface area contributed by atoms with Gasteiger partial charge in [-0.15, -0.1) is 0 Å². The fourth-order valence-corrected chi connectivity index (χ4v) is 6.18. The average molecular weight is 373 g/mol. The molecule has 0 aliphatic rings. The van der Waals surface area contributed by atoms with E-state index in [1.54, 1.807) is 24.3 Å². The molecule has 3 aromatic rings. The standard InChI is InChI=1S/C13H8ClNO3SSe/c14-9-5-7-10(8-6-9)19(17,18)15-13(16)11-3-1-2-4-12(11)20-15/h1-8H. The Hall–Kier alpha value is -1.33. The molecule has 2 aromatic carbocycles. The van der Waals surface area contributed by atoms with Gasteiger partial charge in [0.15, 0.2) is 0 Å². The van der Waals surface area contributed by atoms with Gasteiger partial charge in [-0.05, 0) is 0 Å². The summed E-state index contributed by atoms with van der Waals surface area (Å²) in [5.41, 5.74) is -0.462. The van der Waals surface area contributed by atoms with Crippen molar-refractivity contribution < 1.29 is 8.42 Å². The zero-order chi connectivity index (χ0) is 14.3. The Balaban J connectivity index is 2.26.